The lowest BCUT2D eigenvalue weighted by molar-refractivity contribution is -0.0780. The van der Waals surface area contributed by atoms with Gasteiger partial charge in [-0.1, -0.05) is 0 Å². The van der Waals surface area contributed by atoms with E-state index in [2.05, 4.69) is 13.0 Å². The van der Waals surface area contributed by atoms with Gasteiger partial charge in [0.25, 0.3) is 5.56 Å². The van der Waals surface area contributed by atoms with Gasteiger partial charge in [-0.2, -0.15) is 0 Å². The Balaban J connectivity index is 1.63. The minimum atomic E-state index is -0.548. The van der Waals surface area contributed by atoms with Gasteiger partial charge in [0.2, 0.25) is 0 Å². The van der Waals surface area contributed by atoms with Crippen LogP contribution in [0.5, 0.6) is 0 Å². The summed E-state index contributed by atoms with van der Waals surface area (Å²) >= 11 is 1.81. The first-order valence-corrected chi connectivity index (χ1v) is 12.4. The summed E-state index contributed by atoms with van der Waals surface area (Å²) in [6, 6.07) is 6.02. The largest absolute Gasteiger partial charge is 0.462 e. The molecule has 1 saturated carbocycles. The molecule has 0 spiro atoms. The molecular formula is C26H29NO5S. The molecule has 5 rings (SSSR count). The first-order chi connectivity index (χ1) is 16.0. The van der Waals surface area contributed by atoms with Gasteiger partial charge < -0.3 is 14.2 Å². The number of fused-ring (bicyclic) bond motifs is 2. The highest BCUT2D eigenvalue weighted by atomic mass is 32.1. The molecule has 0 bridgehead atoms. The Morgan fingerprint density at radius 3 is 2.76 bits per heavy atom. The molecule has 3 aromatic heterocycles. The van der Waals surface area contributed by atoms with Crippen molar-refractivity contribution in [1.29, 1.82) is 0 Å². The third-order valence-corrected chi connectivity index (χ3v) is 7.88. The summed E-state index contributed by atoms with van der Waals surface area (Å²) in [7, 11) is 1.65. The number of hydrogen-bond donors (Lipinski definition) is 0. The van der Waals surface area contributed by atoms with E-state index in [9.17, 15) is 9.59 Å². The molecule has 2 aliphatic rings. The number of methoxy groups -OCH3 is 1. The fourth-order valence-electron chi connectivity index (χ4n) is 4.89. The van der Waals surface area contributed by atoms with Crippen molar-refractivity contribution >= 4 is 22.8 Å². The third-order valence-electron chi connectivity index (χ3n) is 6.64. The normalized spacial score (nSPS) is 17.8. The van der Waals surface area contributed by atoms with E-state index in [0.717, 1.165) is 54.3 Å². The Bertz CT molecular complexity index is 1270. The van der Waals surface area contributed by atoms with Crippen LogP contribution in [0.3, 0.4) is 0 Å². The second-order valence-electron chi connectivity index (χ2n) is 8.83. The third kappa shape index (κ3) is 4.03. The van der Waals surface area contributed by atoms with Crippen LogP contribution in [0, 0.1) is 6.92 Å². The van der Waals surface area contributed by atoms with Crippen molar-refractivity contribution in [3.8, 4) is 10.4 Å². The lowest BCUT2D eigenvalue weighted by atomic mass is 9.95. The fraction of sp³-hybridized carbons (Fsp3) is 0.462. The highest BCUT2D eigenvalue weighted by Gasteiger charge is 2.30. The van der Waals surface area contributed by atoms with E-state index < -0.39 is 5.97 Å². The standard InChI is InChI=1S/C26H29NO5S/c1-4-31-26(29)20-12-18(16-8-9-16)24-15(2)17(10-11-27(24)25(20)28)23-13-19-21(32-14-30-3)6-5-7-22(19)33-23/h10-13,16,21H,4-9,14H2,1-3H3. The number of hydrogen-bond acceptors (Lipinski definition) is 6. The molecule has 6 nitrogen and oxygen atoms in total. The molecule has 0 saturated heterocycles. The zero-order valence-corrected chi connectivity index (χ0v) is 20.1. The molecule has 1 atom stereocenters. The summed E-state index contributed by atoms with van der Waals surface area (Å²) in [4.78, 5) is 28.2. The SMILES string of the molecule is CCOC(=O)c1cc(C2CC2)c2c(C)c(-c3cc4c(s3)CCCC4OCOC)ccn2c1=O. The highest BCUT2D eigenvalue weighted by molar-refractivity contribution is 7.15. The quantitative estimate of drug-likeness (QED) is 0.344. The molecule has 0 radical (unpaired) electrons. The summed E-state index contributed by atoms with van der Waals surface area (Å²) in [5, 5.41) is 0. The number of esters is 1. The zero-order valence-electron chi connectivity index (χ0n) is 19.3. The Hall–Kier alpha value is -2.48. The van der Waals surface area contributed by atoms with E-state index in [1.807, 2.05) is 23.6 Å². The van der Waals surface area contributed by atoms with Crippen LogP contribution in [0.4, 0.5) is 0 Å². The second kappa shape index (κ2) is 9.05. The molecule has 0 aromatic carbocycles. The Kier molecular flexibility index (Phi) is 6.12. The van der Waals surface area contributed by atoms with Crippen molar-refractivity contribution in [3.05, 3.63) is 61.9 Å². The second-order valence-corrected chi connectivity index (χ2v) is 9.97. The maximum absolute atomic E-state index is 13.2. The average Bonchev–Trinajstić information content (AvgIpc) is 3.56. The molecule has 33 heavy (non-hydrogen) atoms. The number of pyridine rings is 2. The van der Waals surface area contributed by atoms with Crippen molar-refractivity contribution in [3.63, 3.8) is 0 Å². The molecule has 3 aromatic rings. The first kappa shape index (κ1) is 22.3. The summed E-state index contributed by atoms with van der Waals surface area (Å²) in [6.45, 7) is 4.37. The Morgan fingerprint density at radius 1 is 1.21 bits per heavy atom. The lowest BCUT2D eigenvalue weighted by Crippen LogP contribution is -2.25. The zero-order chi connectivity index (χ0) is 23.1. The molecule has 3 heterocycles. The molecule has 7 heteroatoms. The number of carbonyl (C=O) groups excluding carboxylic acids is 1. The molecule has 0 N–H and O–H groups in total. The number of ether oxygens (including phenoxy) is 3. The summed E-state index contributed by atoms with van der Waals surface area (Å²) < 4.78 is 17.8. The smallest absolute Gasteiger partial charge is 0.343 e. The van der Waals surface area contributed by atoms with E-state index in [1.54, 1.807) is 24.5 Å². The predicted octanol–water partition coefficient (Wildman–Crippen LogP) is 5.39. The van der Waals surface area contributed by atoms with Gasteiger partial charge in [0.05, 0.1) is 18.2 Å². The number of aryl methyl sites for hydroxylation is 2. The van der Waals surface area contributed by atoms with Crippen molar-refractivity contribution in [1.82, 2.24) is 4.40 Å². The van der Waals surface area contributed by atoms with Crippen molar-refractivity contribution in [2.45, 2.75) is 58.0 Å². The van der Waals surface area contributed by atoms with E-state index in [-0.39, 0.29) is 23.8 Å². The topological polar surface area (TPSA) is 66.2 Å². The number of nitrogens with zero attached hydrogens (tertiary/aromatic N) is 1. The monoisotopic (exact) mass is 467 g/mol. The van der Waals surface area contributed by atoms with Gasteiger partial charge in [-0.25, -0.2) is 4.79 Å². The maximum Gasteiger partial charge on any atom is 0.343 e. The summed E-state index contributed by atoms with van der Waals surface area (Å²) in [5.41, 5.74) is 5.25. The van der Waals surface area contributed by atoms with Gasteiger partial charge in [0, 0.05) is 23.1 Å². The van der Waals surface area contributed by atoms with Crippen LogP contribution in [0.25, 0.3) is 16.0 Å². The molecule has 0 aliphatic heterocycles. The lowest BCUT2D eigenvalue weighted by Gasteiger charge is -2.22. The molecule has 2 aliphatic carbocycles. The Labute approximate surface area is 197 Å². The Morgan fingerprint density at radius 2 is 2.03 bits per heavy atom. The van der Waals surface area contributed by atoms with E-state index >= 15 is 0 Å². The molecule has 0 amide bonds. The number of aromatic nitrogens is 1. The molecule has 174 valence electrons. The molecular weight excluding hydrogens is 438 g/mol. The first-order valence-electron chi connectivity index (χ1n) is 11.6. The number of rotatable bonds is 7. The highest BCUT2D eigenvalue weighted by Crippen LogP contribution is 2.45. The van der Waals surface area contributed by atoms with E-state index in [0.29, 0.717) is 12.7 Å². The van der Waals surface area contributed by atoms with E-state index in [4.69, 9.17) is 14.2 Å². The van der Waals surface area contributed by atoms with Crippen LogP contribution in [0.2, 0.25) is 0 Å². The van der Waals surface area contributed by atoms with Gasteiger partial charge in [-0.3, -0.25) is 9.20 Å². The van der Waals surface area contributed by atoms with Gasteiger partial charge in [0.15, 0.2) is 0 Å². The van der Waals surface area contributed by atoms with Crippen molar-refractivity contribution in [2.75, 3.05) is 20.5 Å². The molecule has 1 unspecified atom stereocenters. The van der Waals surface area contributed by atoms with Crippen LogP contribution >= 0.6 is 11.3 Å². The van der Waals surface area contributed by atoms with Gasteiger partial charge in [-0.05, 0) is 92.3 Å². The van der Waals surface area contributed by atoms with Crippen LogP contribution < -0.4 is 5.56 Å². The predicted molar refractivity (Wildman–Crippen MR) is 128 cm³/mol. The van der Waals surface area contributed by atoms with E-state index in [1.165, 1.54) is 15.3 Å². The van der Waals surface area contributed by atoms with Gasteiger partial charge in [-0.15, -0.1) is 11.3 Å². The molecule has 1 fully saturated rings. The van der Waals surface area contributed by atoms with Crippen molar-refractivity contribution in [2.24, 2.45) is 0 Å². The fourth-order valence-corrected chi connectivity index (χ4v) is 6.23. The van der Waals surface area contributed by atoms with Crippen LogP contribution in [0.1, 0.15) is 76.6 Å². The van der Waals surface area contributed by atoms with Gasteiger partial charge >= 0.3 is 5.97 Å². The minimum Gasteiger partial charge on any atom is -0.462 e. The minimum absolute atomic E-state index is 0.0660. The van der Waals surface area contributed by atoms with Gasteiger partial charge in [0.1, 0.15) is 12.4 Å². The van der Waals surface area contributed by atoms with Crippen LogP contribution in [-0.4, -0.2) is 30.9 Å². The number of thiophene rings is 1. The summed E-state index contributed by atoms with van der Waals surface area (Å²) in [5.74, 6) is -0.167. The van der Waals surface area contributed by atoms with Crippen molar-refractivity contribution < 1.29 is 19.0 Å². The van der Waals surface area contributed by atoms with Crippen LogP contribution in [0.15, 0.2) is 29.2 Å². The van der Waals surface area contributed by atoms with Crippen LogP contribution in [-0.2, 0) is 20.6 Å². The maximum atomic E-state index is 13.2. The average molecular weight is 468 g/mol. The summed E-state index contributed by atoms with van der Waals surface area (Å²) in [6.07, 6.45) is 7.20. The number of carbonyl (C=O) groups is 1.